The van der Waals surface area contributed by atoms with Crippen LogP contribution < -0.4 is 10.1 Å². The van der Waals surface area contributed by atoms with Crippen molar-refractivity contribution in [1.82, 2.24) is 10.2 Å². The second-order valence-electron chi connectivity index (χ2n) is 4.64. The van der Waals surface area contributed by atoms with Gasteiger partial charge in [0.05, 0.1) is 18.1 Å². The molecule has 1 fully saturated rings. The van der Waals surface area contributed by atoms with E-state index in [9.17, 15) is 14.5 Å². The maximum absolute atomic E-state index is 13.4. The Balaban J connectivity index is 0.00000220. The van der Waals surface area contributed by atoms with Crippen LogP contribution in [0.5, 0.6) is 5.75 Å². The van der Waals surface area contributed by atoms with Crippen LogP contribution >= 0.6 is 24.8 Å². The van der Waals surface area contributed by atoms with E-state index in [2.05, 4.69) is 5.32 Å². The first-order valence-electron chi connectivity index (χ1n) is 6.50. The second-order valence-corrected chi connectivity index (χ2v) is 4.64. The average molecular weight is 356 g/mol. The summed E-state index contributed by atoms with van der Waals surface area (Å²) in [5.74, 6) is 0.191. The molecule has 0 aliphatic carbocycles. The van der Waals surface area contributed by atoms with Crippen LogP contribution in [-0.2, 0) is 0 Å². The van der Waals surface area contributed by atoms with Crippen molar-refractivity contribution < 1.29 is 14.1 Å². The van der Waals surface area contributed by atoms with Gasteiger partial charge in [0.15, 0.2) is 5.75 Å². The quantitative estimate of drug-likeness (QED) is 0.648. The molecule has 0 radical (unpaired) electrons. The number of benzene rings is 1. The molecule has 2 rings (SSSR count). The Labute approximate surface area is 141 Å². The molecule has 1 N–H and O–H groups in total. The molecule has 1 aromatic carbocycles. The number of nitro groups is 1. The Morgan fingerprint density at radius 3 is 2.55 bits per heavy atom. The smallest absolute Gasteiger partial charge is 0.311 e. The molecule has 0 bridgehead atoms. The van der Waals surface area contributed by atoms with E-state index >= 15 is 0 Å². The molecule has 22 heavy (non-hydrogen) atoms. The summed E-state index contributed by atoms with van der Waals surface area (Å²) in [7, 11) is 1.38. The van der Waals surface area contributed by atoms with Gasteiger partial charge in [0.2, 0.25) is 0 Å². The lowest BCUT2D eigenvalue weighted by Crippen LogP contribution is -2.45. The summed E-state index contributed by atoms with van der Waals surface area (Å²) in [4.78, 5) is 12.5. The molecule has 1 aliphatic heterocycles. The molecule has 1 heterocycles. The molecule has 1 saturated heterocycles. The fraction of sp³-hybridized carbons (Fsp3) is 0.538. The summed E-state index contributed by atoms with van der Waals surface area (Å²) in [6.45, 7) is 2.50. The molecule has 6 nitrogen and oxygen atoms in total. The molecule has 0 spiro atoms. The monoisotopic (exact) mass is 355 g/mol. The first-order chi connectivity index (χ1) is 9.67. The molecular weight excluding hydrogens is 336 g/mol. The third-order valence-corrected chi connectivity index (χ3v) is 3.52. The third kappa shape index (κ3) is 4.67. The van der Waals surface area contributed by atoms with Crippen molar-refractivity contribution in [2.75, 3.05) is 40.0 Å². The van der Waals surface area contributed by atoms with E-state index in [1.54, 1.807) is 6.07 Å². The van der Waals surface area contributed by atoms with E-state index < -0.39 is 17.6 Å². The molecular formula is C13H20Cl2FN3O3. The number of piperazine rings is 1. The number of alkyl halides is 1. The highest BCUT2D eigenvalue weighted by Gasteiger charge is 2.25. The van der Waals surface area contributed by atoms with Crippen LogP contribution in [0.2, 0.25) is 0 Å². The molecule has 0 saturated carbocycles. The highest BCUT2D eigenvalue weighted by molar-refractivity contribution is 5.85. The maximum atomic E-state index is 13.4. The Morgan fingerprint density at radius 2 is 2.05 bits per heavy atom. The zero-order valence-corrected chi connectivity index (χ0v) is 13.8. The number of ether oxygens (including phenoxy) is 1. The topological polar surface area (TPSA) is 67.6 Å². The summed E-state index contributed by atoms with van der Waals surface area (Å²) in [6, 6.07) is 4.18. The Morgan fingerprint density at radius 1 is 1.41 bits per heavy atom. The lowest BCUT2D eigenvalue weighted by Gasteiger charge is -2.33. The summed E-state index contributed by atoms with van der Waals surface area (Å²) in [6.07, 6.45) is 0. The average Bonchev–Trinajstić information content (AvgIpc) is 2.49. The van der Waals surface area contributed by atoms with Crippen LogP contribution in [0, 0.1) is 10.1 Å². The van der Waals surface area contributed by atoms with E-state index in [1.807, 2.05) is 4.90 Å². The van der Waals surface area contributed by atoms with Gasteiger partial charge in [-0.3, -0.25) is 15.0 Å². The van der Waals surface area contributed by atoms with Gasteiger partial charge in [0.1, 0.15) is 6.67 Å². The van der Waals surface area contributed by atoms with E-state index in [4.69, 9.17) is 4.74 Å². The van der Waals surface area contributed by atoms with Crippen LogP contribution in [0.15, 0.2) is 18.2 Å². The summed E-state index contributed by atoms with van der Waals surface area (Å²) in [5, 5.41) is 14.2. The minimum atomic E-state index is -0.566. The van der Waals surface area contributed by atoms with Crippen LogP contribution in [-0.4, -0.2) is 49.8 Å². The van der Waals surface area contributed by atoms with Crippen molar-refractivity contribution in [3.8, 4) is 5.75 Å². The molecule has 1 aliphatic rings. The summed E-state index contributed by atoms with van der Waals surface area (Å²) >= 11 is 0. The van der Waals surface area contributed by atoms with Crippen molar-refractivity contribution in [1.29, 1.82) is 0 Å². The lowest BCUT2D eigenvalue weighted by atomic mass is 10.0. The fourth-order valence-corrected chi connectivity index (χ4v) is 2.45. The molecule has 1 aromatic rings. The standard InChI is InChI=1S/C13H18FN3O3.2ClH/c1-20-13-3-2-10(8-11(13)17(18)19)12(9-14)16-6-4-15-5-7-16;;/h2-3,8,12,15H,4-7,9H2,1H3;2*1H/t12-;;/m0../s1. The van der Waals surface area contributed by atoms with Gasteiger partial charge in [0, 0.05) is 32.2 Å². The van der Waals surface area contributed by atoms with Crippen molar-refractivity contribution in [3.63, 3.8) is 0 Å². The van der Waals surface area contributed by atoms with Gasteiger partial charge < -0.3 is 10.1 Å². The number of hydrogen-bond donors (Lipinski definition) is 1. The molecule has 0 aromatic heterocycles. The fourth-order valence-electron chi connectivity index (χ4n) is 2.45. The Kier molecular flexibility index (Phi) is 9.27. The minimum Gasteiger partial charge on any atom is -0.490 e. The summed E-state index contributed by atoms with van der Waals surface area (Å²) < 4.78 is 18.3. The van der Waals surface area contributed by atoms with E-state index in [1.165, 1.54) is 19.2 Å². The van der Waals surface area contributed by atoms with Gasteiger partial charge in [0.25, 0.3) is 0 Å². The van der Waals surface area contributed by atoms with Crippen molar-refractivity contribution in [2.24, 2.45) is 0 Å². The number of methoxy groups -OCH3 is 1. The largest absolute Gasteiger partial charge is 0.490 e. The van der Waals surface area contributed by atoms with Crippen molar-refractivity contribution >= 4 is 30.5 Å². The van der Waals surface area contributed by atoms with Gasteiger partial charge in [-0.05, 0) is 11.6 Å². The number of halogens is 3. The maximum Gasteiger partial charge on any atom is 0.311 e. The molecule has 0 amide bonds. The Hall–Kier alpha value is -1.15. The zero-order valence-electron chi connectivity index (χ0n) is 12.2. The first-order valence-corrected chi connectivity index (χ1v) is 6.50. The number of nitrogens with zero attached hydrogens (tertiary/aromatic N) is 2. The van der Waals surface area contributed by atoms with Gasteiger partial charge >= 0.3 is 5.69 Å². The van der Waals surface area contributed by atoms with E-state index in [0.717, 1.165) is 26.2 Å². The first kappa shape index (κ1) is 20.9. The van der Waals surface area contributed by atoms with Crippen LogP contribution in [0.25, 0.3) is 0 Å². The molecule has 9 heteroatoms. The van der Waals surface area contributed by atoms with E-state index in [-0.39, 0.29) is 36.3 Å². The minimum absolute atomic E-state index is 0. The van der Waals surface area contributed by atoms with Crippen molar-refractivity contribution in [2.45, 2.75) is 6.04 Å². The third-order valence-electron chi connectivity index (χ3n) is 3.52. The number of nitrogens with one attached hydrogen (secondary N) is 1. The summed E-state index contributed by atoms with van der Waals surface area (Å²) in [5.41, 5.74) is 0.487. The van der Waals surface area contributed by atoms with Gasteiger partial charge in [-0.1, -0.05) is 6.07 Å². The van der Waals surface area contributed by atoms with Crippen LogP contribution in [0.1, 0.15) is 11.6 Å². The predicted octanol–water partition coefficient (Wildman–Crippen LogP) is 2.36. The Bertz CT molecular complexity index is 488. The predicted molar refractivity (Wildman–Crippen MR) is 87.3 cm³/mol. The van der Waals surface area contributed by atoms with Crippen molar-refractivity contribution in [3.05, 3.63) is 33.9 Å². The SMILES string of the molecule is COc1ccc([C@H](CF)N2CCNCC2)cc1[N+](=O)[O-].Cl.Cl. The molecule has 126 valence electrons. The van der Waals surface area contributed by atoms with Gasteiger partial charge in [-0.2, -0.15) is 0 Å². The normalized spacial score (nSPS) is 16.1. The molecule has 1 atom stereocenters. The second kappa shape index (κ2) is 9.78. The number of hydrogen-bond acceptors (Lipinski definition) is 5. The number of rotatable bonds is 5. The highest BCUT2D eigenvalue weighted by atomic mass is 35.5. The van der Waals surface area contributed by atoms with Crippen LogP contribution in [0.3, 0.4) is 0 Å². The van der Waals surface area contributed by atoms with Gasteiger partial charge in [-0.25, -0.2) is 4.39 Å². The zero-order chi connectivity index (χ0) is 14.5. The molecule has 0 unspecified atom stereocenters. The lowest BCUT2D eigenvalue weighted by molar-refractivity contribution is -0.385. The highest BCUT2D eigenvalue weighted by Crippen LogP contribution is 2.32. The van der Waals surface area contributed by atoms with Gasteiger partial charge in [-0.15, -0.1) is 24.8 Å². The number of nitro benzene ring substituents is 1. The van der Waals surface area contributed by atoms with E-state index in [0.29, 0.717) is 5.56 Å². The van der Waals surface area contributed by atoms with Crippen LogP contribution in [0.4, 0.5) is 10.1 Å².